The molecule has 0 bridgehead atoms. The van der Waals surface area contributed by atoms with Crippen molar-refractivity contribution < 1.29 is 9.18 Å². The summed E-state index contributed by atoms with van der Waals surface area (Å²) in [5.41, 5.74) is 4.89. The monoisotopic (exact) mass is 408 g/mol. The van der Waals surface area contributed by atoms with Crippen LogP contribution in [-0.2, 0) is 0 Å². The molecule has 0 radical (unpaired) electrons. The Morgan fingerprint density at radius 3 is 2.53 bits per heavy atom. The average Bonchev–Trinajstić information content (AvgIpc) is 3.17. The average molecular weight is 409 g/mol. The van der Waals surface area contributed by atoms with Crippen molar-refractivity contribution >= 4 is 28.2 Å². The van der Waals surface area contributed by atoms with Crippen LogP contribution in [0.1, 0.15) is 34.5 Å². The predicted molar refractivity (Wildman–Crippen MR) is 121 cm³/mol. The molecule has 1 aliphatic heterocycles. The Balaban J connectivity index is 1.53. The fraction of sp³-hybridized carbons (Fsp3) is 0.375. The summed E-state index contributed by atoms with van der Waals surface area (Å²) in [6, 6.07) is 11.5. The van der Waals surface area contributed by atoms with E-state index in [0.717, 1.165) is 48.4 Å². The van der Waals surface area contributed by atoms with Crippen LogP contribution >= 0.6 is 0 Å². The third-order valence-electron chi connectivity index (χ3n) is 6.07. The normalized spacial score (nSPS) is 15.2. The fourth-order valence-corrected chi connectivity index (χ4v) is 4.30. The van der Waals surface area contributed by atoms with Gasteiger partial charge in [-0.2, -0.15) is 0 Å². The number of rotatable bonds is 4. The maximum atomic E-state index is 14.1. The van der Waals surface area contributed by atoms with E-state index in [1.807, 2.05) is 26.0 Å². The summed E-state index contributed by atoms with van der Waals surface area (Å²) in [4.78, 5) is 20.6. The highest BCUT2D eigenvalue weighted by atomic mass is 19.1. The van der Waals surface area contributed by atoms with Crippen molar-refractivity contribution in [2.75, 3.05) is 37.4 Å². The van der Waals surface area contributed by atoms with Crippen LogP contribution in [-0.4, -0.2) is 49.0 Å². The number of carbonyl (C=O) groups excluding carboxylic acids is 1. The number of H-pyrrole nitrogens is 1. The Kier molecular flexibility index (Phi) is 5.52. The first-order valence-corrected chi connectivity index (χ1v) is 10.4. The molecule has 2 N–H and O–H groups in total. The van der Waals surface area contributed by atoms with Crippen LogP contribution < -0.4 is 10.2 Å². The highest BCUT2D eigenvalue weighted by Crippen LogP contribution is 2.27. The third-order valence-corrected chi connectivity index (χ3v) is 6.07. The molecular weight excluding hydrogens is 379 g/mol. The van der Waals surface area contributed by atoms with Crippen molar-refractivity contribution in [2.24, 2.45) is 0 Å². The van der Waals surface area contributed by atoms with Gasteiger partial charge < -0.3 is 20.1 Å². The molecule has 5 nitrogen and oxygen atoms in total. The van der Waals surface area contributed by atoms with Gasteiger partial charge in [-0.05, 0) is 82.2 Å². The molecular formula is C24H29FN4O. The van der Waals surface area contributed by atoms with Crippen LogP contribution in [0.15, 0.2) is 36.4 Å². The highest BCUT2D eigenvalue weighted by molar-refractivity contribution is 6.06. The Labute approximate surface area is 176 Å². The second-order valence-corrected chi connectivity index (χ2v) is 8.53. The number of piperidine rings is 1. The largest absolute Gasteiger partial charge is 0.371 e. The van der Waals surface area contributed by atoms with Crippen LogP contribution in [0.3, 0.4) is 0 Å². The van der Waals surface area contributed by atoms with E-state index in [-0.39, 0.29) is 11.7 Å². The number of nitrogens with zero attached hydrogens (tertiary/aromatic N) is 2. The number of fused-ring (bicyclic) bond motifs is 1. The molecule has 1 aromatic heterocycles. The number of hydrogen-bond acceptors (Lipinski definition) is 3. The highest BCUT2D eigenvalue weighted by Gasteiger charge is 2.21. The Hall–Kier alpha value is -2.86. The predicted octanol–water partition coefficient (Wildman–Crippen LogP) is 4.71. The second kappa shape index (κ2) is 8.11. The van der Waals surface area contributed by atoms with Gasteiger partial charge in [-0.15, -0.1) is 0 Å². The van der Waals surface area contributed by atoms with Gasteiger partial charge in [-0.3, -0.25) is 4.79 Å². The van der Waals surface area contributed by atoms with E-state index in [9.17, 15) is 9.18 Å². The number of benzene rings is 2. The van der Waals surface area contributed by atoms with Gasteiger partial charge >= 0.3 is 0 Å². The number of hydrogen-bond donors (Lipinski definition) is 2. The van der Waals surface area contributed by atoms with Gasteiger partial charge in [0.2, 0.25) is 0 Å². The van der Waals surface area contributed by atoms with Crippen LogP contribution in [0.4, 0.5) is 15.8 Å². The molecule has 158 valence electrons. The molecule has 4 rings (SSSR count). The second-order valence-electron chi connectivity index (χ2n) is 8.53. The summed E-state index contributed by atoms with van der Waals surface area (Å²) in [6.07, 6.45) is 2.26. The van der Waals surface area contributed by atoms with Crippen molar-refractivity contribution in [2.45, 2.75) is 32.7 Å². The molecule has 2 heterocycles. The van der Waals surface area contributed by atoms with E-state index < -0.39 is 0 Å². The van der Waals surface area contributed by atoms with Gasteiger partial charge in [-0.1, -0.05) is 6.07 Å². The van der Waals surface area contributed by atoms with E-state index >= 15 is 0 Å². The summed E-state index contributed by atoms with van der Waals surface area (Å²) in [5.74, 6) is -0.599. The minimum Gasteiger partial charge on any atom is -0.371 e. The molecule has 3 aromatic rings. The quantitative estimate of drug-likeness (QED) is 0.658. The molecule has 0 unspecified atom stereocenters. The molecule has 1 aliphatic rings. The summed E-state index contributed by atoms with van der Waals surface area (Å²) in [7, 11) is 4.27. The number of halogens is 1. The van der Waals surface area contributed by atoms with Crippen molar-refractivity contribution in [3.63, 3.8) is 0 Å². The zero-order valence-corrected chi connectivity index (χ0v) is 18.1. The van der Waals surface area contributed by atoms with Crippen molar-refractivity contribution in [1.82, 2.24) is 9.88 Å². The molecule has 2 aromatic carbocycles. The first-order chi connectivity index (χ1) is 14.3. The summed E-state index contributed by atoms with van der Waals surface area (Å²) >= 11 is 0. The van der Waals surface area contributed by atoms with Crippen LogP contribution in [0, 0.1) is 19.7 Å². The SMILES string of the molecule is Cc1cc(NC(=O)c2cc3c(F)ccc(C)c3[nH]2)cc(N2CCC(N(C)C)CC2)c1. The molecule has 0 aliphatic carbocycles. The van der Waals surface area contributed by atoms with E-state index in [0.29, 0.717) is 22.6 Å². The zero-order chi connectivity index (χ0) is 21.4. The van der Waals surface area contributed by atoms with Gasteiger partial charge in [0.05, 0.1) is 5.52 Å². The summed E-state index contributed by atoms with van der Waals surface area (Å²) in [6.45, 7) is 5.93. The first-order valence-electron chi connectivity index (χ1n) is 10.4. The molecule has 0 atom stereocenters. The number of anilines is 2. The standard InChI is InChI=1S/C24H29FN4O/c1-15-11-17(13-19(12-15)29-9-7-18(8-10-29)28(3)4)26-24(30)22-14-20-21(25)6-5-16(2)23(20)27-22/h5-6,11-14,18,27H,7-10H2,1-4H3,(H,26,30). The van der Waals surface area contributed by atoms with E-state index in [1.165, 1.54) is 6.07 Å². The minimum atomic E-state index is -0.329. The number of nitrogens with one attached hydrogen (secondary N) is 2. The molecule has 1 amide bonds. The van der Waals surface area contributed by atoms with Gasteiger partial charge in [0.1, 0.15) is 11.5 Å². The lowest BCUT2D eigenvalue weighted by molar-refractivity contribution is 0.102. The van der Waals surface area contributed by atoms with E-state index in [2.05, 4.69) is 40.3 Å². The Bertz CT molecular complexity index is 1040. The molecule has 1 fully saturated rings. The summed E-state index contributed by atoms with van der Waals surface area (Å²) in [5, 5.41) is 3.42. The fourth-order valence-electron chi connectivity index (χ4n) is 4.30. The molecule has 6 heteroatoms. The van der Waals surface area contributed by atoms with Crippen molar-refractivity contribution in [1.29, 1.82) is 0 Å². The van der Waals surface area contributed by atoms with Gasteiger partial charge in [0.15, 0.2) is 0 Å². The minimum absolute atomic E-state index is 0.270. The maximum absolute atomic E-state index is 14.1. The van der Waals surface area contributed by atoms with Crippen LogP contribution in [0.2, 0.25) is 0 Å². The Morgan fingerprint density at radius 1 is 1.13 bits per heavy atom. The lowest BCUT2D eigenvalue weighted by Crippen LogP contribution is -2.42. The lowest BCUT2D eigenvalue weighted by Gasteiger charge is -2.36. The molecule has 30 heavy (non-hydrogen) atoms. The third kappa shape index (κ3) is 4.05. The number of aromatic nitrogens is 1. The van der Waals surface area contributed by atoms with Crippen LogP contribution in [0.25, 0.3) is 10.9 Å². The van der Waals surface area contributed by atoms with Crippen LogP contribution in [0.5, 0.6) is 0 Å². The molecule has 0 spiro atoms. The van der Waals surface area contributed by atoms with Gasteiger partial charge in [-0.25, -0.2) is 4.39 Å². The smallest absolute Gasteiger partial charge is 0.272 e. The number of amides is 1. The molecule has 0 saturated carbocycles. The van der Waals surface area contributed by atoms with Gasteiger partial charge in [0, 0.05) is 35.9 Å². The van der Waals surface area contributed by atoms with E-state index in [1.54, 1.807) is 12.1 Å². The zero-order valence-electron chi connectivity index (χ0n) is 18.1. The summed E-state index contributed by atoms with van der Waals surface area (Å²) < 4.78 is 14.1. The topological polar surface area (TPSA) is 51.4 Å². The number of aryl methyl sites for hydroxylation is 2. The van der Waals surface area contributed by atoms with Crippen molar-refractivity contribution in [3.8, 4) is 0 Å². The van der Waals surface area contributed by atoms with E-state index in [4.69, 9.17) is 0 Å². The van der Waals surface area contributed by atoms with Crippen molar-refractivity contribution in [3.05, 3.63) is 59.0 Å². The Morgan fingerprint density at radius 2 is 1.87 bits per heavy atom. The number of carbonyl (C=O) groups is 1. The molecule has 1 saturated heterocycles. The first kappa shape index (κ1) is 20.4. The maximum Gasteiger partial charge on any atom is 0.272 e. The number of aromatic amines is 1. The lowest BCUT2D eigenvalue weighted by atomic mass is 10.0. The van der Waals surface area contributed by atoms with Gasteiger partial charge in [0.25, 0.3) is 5.91 Å².